The molecule has 3 atom stereocenters. The molecule has 3 nitrogen and oxygen atoms in total. The lowest BCUT2D eigenvalue weighted by Crippen LogP contribution is -2.46. The first-order chi connectivity index (χ1) is 5.13. The Morgan fingerprint density at radius 3 is 2.45 bits per heavy atom. The fourth-order valence-electron chi connectivity index (χ4n) is 1.40. The number of hydrogen-bond acceptors (Lipinski definition) is 3. The maximum Gasteiger partial charge on any atom is 0.106 e. The lowest BCUT2D eigenvalue weighted by Gasteiger charge is -2.34. The first-order valence-corrected chi connectivity index (χ1v) is 4.10. The Balaban J connectivity index is 2.51. The van der Waals surface area contributed by atoms with E-state index < -0.39 is 12.2 Å². The molecule has 3 heteroatoms. The molecular weight excluding hydrogens is 144 g/mol. The summed E-state index contributed by atoms with van der Waals surface area (Å²) in [6.45, 7) is 4.51. The zero-order chi connectivity index (χ0) is 8.43. The van der Waals surface area contributed by atoms with Crippen LogP contribution in [0.15, 0.2) is 0 Å². The van der Waals surface area contributed by atoms with Crippen molar-refractivity contribution in [2.24, 2.45) is 5.92 Å². The van der Waals surface area contributed by atoms with Crippen LogP contribution in [0.5, 0.6) is 0 Å². The minimum Gasteiger partial charge on any atom is -0.390 e. The molecule has 1 fully saturated rings. The quantitative estimate of drug-likeness (QED) is 0.574. The molecular formula is C8H16O3. The first-order valence-electron chi connectivity index (χ1n) is 4.10. The van der Waals surface area contributed by atoms with Gasteiger partial charge in [-0.05, 0) is 12.3 Å². The lowest BCUT2D eigenvalue weighted by molar-refractivity contribution is -0.149. The second-order valence-electron chi connectivity index (χ2n) is 3.43. The topological polar surface area (TPSA) is 49.7 Å². The number of aliphatic hydroxyl groups excluding tert-OH is 2. The highest BCUT2D eigenvalue weighted by Crippen LogP contribution is 2.20. The van der Waals surface area contributed by atoms with Crippen LogP contribution in [0.2, 0.25) is 0 Å². The standard InChI is InChI=1S/C8H16O3/c1-5(2)8-7(10)6(9)3-4-11-8/h5-10H,3-4H2,1-2H3/t6-,7-,8-/m1/s1. The normalized spacial score (nSPS) is 39.5. The Morgan fingerprint density at radius 2 is 2.00 bits per heavy atom. The molecule has 1 aliphatic rings. The van der Waals surface area contributed by atoms with Crippen LogP contribution in [-0.4, -0.2) is 35.1 Å². The minimum absolute atomic E-state index is 0.196. The molecule has 1 heterocycles. The number of rotatable bonds is 1. The van der Waals surface area contributed by atoms with Crippen molar-refractivity contribution in [2.45, 2.75) is 38.6 Å². The molecule has 1 saturated heterocycles. The van der Waals surface area contributed by atoms with Crippen LogP contribution in [0.1, 0.15) is 20.3 Å². The molecule has 66 valence electrons. The Labute approximate surface area is 67.0 Å². The van der Waals surface area contributed by atoms with E-state index in [2.05, 4.69) is 0 Å². The molecule has 0 radical (unpaired) electrons. The maximum atomic E-state index is 9.43. The third-order valence-corrected chi connectivity index (χ3v) is 2.11. The van der Waals surface area contributed by atoms with E-state index in [4.69, 9.17) is 4.74 Å². The van der Waals surface area contributed by atoms with Gasteiger partial charge in [0, 0.05) is 6.61 Å². The summed E-state index contributed by atoms with van der Waals surface area (Å²) in [4.78, 5) is 0. The van der Waals surface area contributed by atoms with Crippen molar-refractivity contribution in [3.8, 4) is 0 Å². The largest absolute Gasteiger partial charge is 0.390 e. The van der Waals surface area contributed by atoms with Crippen LogP contribution >= 0.6 is 0 Å². The number of ether oxygens (including phenoxy) is 1. The number of hydrogen-bond donors (Lipinski definition) is 2. The Bertz CT molecular complexity index is 125. The molecule has 2 N–H and O–H groups in total. The summed E-state index contributed by atoms with van der Waals surface area (Å²) in [6, 6.07) is 0. The van der Waals surface area contributed by atoms with E-state index in [1.807, 2.05) is 13.8 Å². The third-order valence-electron chi connectivity index (χ3n) is 2.11. The zero-order valence-electron chi connectivity index (χ0n) is 7.03. The van der Waals surface area contributed by atoms with Crippen molar-refractivity contribution in [1.82, 2.24) is 0 Å². The van der Waals surface area contributed by atoms with Crippen molar-refractivity contribution in [3.63, 3.8) is 0 Å². The van der Waals surface area contributed by atoms with Crippen molar-refractivity contribution >= 4 is 0 Å². The summed E-state index contributed by atoms with van der Waals surface area (Å²) in [5.41, 5.74) is 0. The molecule has 0 aromatic carbocycles. The summed E-state index contributed by atoms with van der Waals surface area (Å²) in [5.74, 6) is 0.264. The van der Waals surface area contributed by atoms with E-state index in [1.165, 1.54) is 0 Å². The first kappa shape index (κ1) is 8.97. The van der Waals surface area contributed by atoms with Crippen molar-refractivity contribution in [1.29, 1.82) is 0 Å². The van der Waals surface area contributed by atoms with Gasteiger partial charge in [-0.1, -0.05) is 13.8 Å². The monoisotopic (exact) mass is 160 g/mol. The van der Waals surface area contributed by atoms with E-state index in [9.17, 15) is 10.2 Å². The Hall–Kier alpha value is -0.120. The number of aliphatic hydroxyl groups is 2. The molecule has 0 amide bonds. The molecule has 11 heavy (non-hydrogen) atoms. The molecule has 0 spiro atoms. The van der Waals surface area contributed by atoms with Crippen LogP contribution in [0.4, 0.5) is 0 Å². The second-order valence-corrected chi connectivity index (χ2v) is 3.43. The molecule has 0 aliphatic carbocycles. The van der Waals surface area contributed by atoms with E-state index in [1.54, 1.807) is 0 Å². The van der Waals surface area contributed by atoms with Crippen LogP contribution in [0, 0.1) is 5.92 Å². The fraction of sp³-hybridized carbons (Fsp3) is 1.00. The smallest absolute Gasteiger partial charge is 0.106 e. The van der Waals surface area contributed by atoms with Gasteiger partial charge in [-0.25, -0.2) is 0 Å². The second kappa shape index (κ2) is 3.52. The maximum absolute atomic E-state index is 9.43. The molecule has 0 aromatic heterocycles. The average Bonchev–Trinajstić information content (AvgIpc) is 1.94. The fourth-order valence-corrected chi connectivity index (χ4v) is 1.40. The molecule has 1 rings (SSSR count). The van der Waals surface area contributed by atoms with Crippen molar-refractivity contribution in [3.05, 3.63) is 0 Å². The van der Waals surface area contributed by atoms with Gasteiger partial charge < -0.3 is 14.9 Å². The highest BCUT2D eigenvalue weighted by atomic mass is 16.5. The van der Waals surface area contributed by atoms with Crippen LogP contribution in [-0.2, 0) is 4.74 Å². The van der Waals surface area contributed by atoms with E-state index in [0.717, 1.165) is 0 Å². The average molecular weight is 160 g/mol. The van der Waals surface area contributed by atoms with Crippen LogP contribution < -0.4 is 0 Å². The minimum atomic E-state index is -0.705. The summed E-state index contributed by atoms with van der Waals surface area (Å²) < 4.78 is 5.31. The molecule has 0 bridgehead atoms. The molecule has 0 aromatic rings. The van der Waals surface area contributed by atoms with Gasteiger partial charge in [-0.3, -0.25) is 0 Å². The predicted octanol–water partition coefficient (Wildman–Crippen LogP) is 0.153. The van der Waals surface area contributed by atoms with Gasteiger partial charge in [-0.15, -0.1) is 0 Å². The zero-order valence-corrected chi connectivity index (χ0v) is 7.03. The molecule has 0 unspecified atom stereocenters. The summed E-state index contributed by atoms with van der Waals surface area (Å²) in [7, 11) is 0. The van der Waals surface area contributed by atoms with Gasteiger partial charge in [0.25, 0.3) is 0 Å². The van der Waals surface area contributed by atoms with Gasteiger partial charge in [0.05, 0.1) is 12.2 Å². The van der Waals surface area contributed by atoms with Gasteiger partial charge in [0.2, 0.25) is 0 Å². The van der Waals surface area contributed by atoms with Crippen molar-refractivity contribution in [2.75, 3.05) is 6.61 Å². The Kier molecular flexibility index (Phi) is 2.87. The van der Waals surface area contributed by atoms with E-state index in [-0.39, 0.29) is 12.0 Å². The highest BCUT2D eigenvalue weighted by molar-refractivity contribution is 4.82. The molecule has 0 saturated carbocycles. The van der Waals surface area contributed by atoms with Gasteiger partial charge in [-0.2, -0.15) is 0 Å². The molecule has 1 aliphatic heterocycles. The predicted molar refractivity (Wildman–Crippen MR) is 41.2 cm³/mol. The third kappa shape index (κ3) is 1.92. The van der Waals surface area contributed by atoms with Gasteiger partial charge in [0.15, 0.2) is 0 Å². The Morgan fingerprint density at radius 1 is 1.36 bits per heavy atom. The lowest BCUT2D eigenvalue weighted by atomic mass is 9.94. The van der Waals surface area contributed by atoms with E-state index >= 15 is 0 Å². The van der Waals surface area contributed by atoms with E-state index in [0.29, 0.717) is 13.0 Å². The van der Waals surface area contributed by atoms with Gasteiger partial charge in [0.1, 0.15) is 6.10 Å². The summed E-state index contributed by atoms with van der Waals surface area (Å²) in [5, 5.41) is 18.7. The summed E-state index contributed by atoms with van der Waals surface area (Å²) >= 11 is 0. The van der Waals surface area contributed by atoms with Crippen LogP contribution in [0.3, 0.4) is 0 Å². The van der Waals surface area contributed by atoms with Crippen molar-refractivity contribution < 1.29 is 14.9 Å². The highest BCUT2D eigenvalue weighted by Gasteiger charge is 2.32. The summed E-state index contributed by atoms with van der Waals surface area (Å²) in [6.07, 6.45) is -0.955. The van der Waals surface area contributed by atoms with Crippen LogP contribution in [0.25, 0.3) is 0 Å². The SMILES string of the molecule is CC(C)[C@H]1OCC[C@@H](O)[C@H]1O. The van der Waals surface area contributed by atoms with Gasteiger partial charge >= 0.3 is 0 Å².